The molecule has 0 aromatic heterocycles. The number of carbonyl (C=O) groups is 1. The molecule has 2 amide bonds. The van der Waals surface area contributed by atoms with Crippen LogP contribution < -0.4 is 15.4 Å². The second kappa shape index (κ2) is 6.44. The van der Waals surface area contributed by atoms with Gasteiger partial charge < -0.3 is 10.6 Å². The quantitative estimate of drug-likeness (QED) is 0.734. The Labute approximate surface area is 125 Å². The maximum Gasteiger partial charge on any atom is 0.315 e. The van der Waals surface area contributed by atoms with Crippen molar-refractivity contribution in [3.05, 3.63) is 29.8 Å². The summed E-state index contributed by atoms with van der Waals surface area (Å²) in [6.07, 6.45) is 1.18. The summed E-state index contributed by atoms with van der Waals surface area (Å²) >= 11 is 0. The smallest absolute Gasteiger partial charge is 0.315 e. The minimum Gasteiger partial charge on any atom is -0.338 e. The van der Waals surface area contributed by atoms with Crippen LogP contribution in [0.3, 0.4) is 0 Å². The molecule has 1 aliphatic carbocycles. The fourth-order valence-corrected chi connectivity index (χ4v) is 2.79. The summed E-state index contributed by atoms with van der Waals surface area (Å²) in [4.78, 5) is 11.8. The molecule has 3 N–H and O–H groups in total. The van der Waals surface area contributed by atoms with Crippen molar-refractivity contribution < 1.29 is 13.2 Å². The number of sulfonamides is 1. The van der Waals surface area contributed by atoms with Crippen LogP contribution in [-0.4, -0.2) is 28.0 Å². The van der Waals surface area contributed by atoms with E-state index in [1.807, 2.05) is 0 Å². The maximum absolute atomic E-state index is 11.6. The van der Waals surface area contributed by atoms with Crippen molar-refractivity contribution in [3.8, 4) is 0 Å². The average Bonchev–Trinajstić information content (AvgIpc) is 3.19. The van der Waals surface area contributed by atoms with Gasteiger partial charge >= 0.3 is 6.03 Å². The van der Waals surface area contributed by atoms with Crippen molar-refractivity contribution in [2.24, 2.45) is 11.8 Å². The van der Waals surface area contributed by atoms with Crippen molar-refractivity contribution in [2.45, 2.75) is 24.8 Å². The number of carbonyl (C=O) groups excluding carboxylic acids is 1. The Bertz CT molecular complexity index is 598. The van der Waals surface area contributed by atoms with Crippen LogP contribution in [-0.2, 0) is 16.6 Å². The molecule has 1 fully saturated rings. The van der Waals surface area contributed by atoms with Crippen LogP contribution in [0.2, 0.25) is 0 Å². The van der Waals surface area contributed by atoms with Crippen molar-refractivity contribution in [2.75, 3.05) is 13.6 Å². The first-order chi connectivity index (χ1) is 9.92. The predicted octanol–water partition coefficient (Wildman–Crippen LogP) is 1.05. The Morgan fingerprint density at radius 1 is 1.24 bits per heavy atom. The van der Waals surface area contributed by atoms with Crippen LogP contribution >= 0.6 is 0 Å². The Kier molecular flexibility index (Phi) is 4.84. The van der Waals surface area contributed by atoms with E-state index in [1.165, 1.54) is 25.6 Å². The number of hydrogen-bond acceptors (Lipinski definition) is 3. The van der Waals surface area contributed by atoms with E-state index in [0.29, 0.717) is 24.9 Å². The van der Waals surface area contributed by atoms with Gasteiger partial charge in [-0.2, -0.15) is 0 Å². The van der Waals surface area contributed by atoms with E-state index in [1.54, 1.807) is 12.1 Å². The highest BCUT2D eigenvalue weighted by Gasteiger charge is 2.32. The van der Waals surface area contributed by atoms with E-state index >= 15 is 0 Å². The molecule has 2 rings (SSSR count). The number of hydrogen-bond donors (Lipinski definition) is 3. The molecule has 0 saturated heterocycles. The Morgan fingerprint density at radius 3 is 2.38 bits per heavy atom. The molecule has 6 nitrogen and oxygen atoms in total. The molecule has 116 valence electrons. The van der Waals surface area contributed by atoms with E-state index in [4.69, 9.17) is 0 Å². The van der Waals surface area contributed by atoms with Crippen LogP contribution in [0.5, 0.6) is 0 Å². The molecule has 7 heteroatoms. The van der Waals surface area contributed by atoms with Crippen molar-refractivity contribution >= 4 is 16.1 Å². The first-order valence-electron chi connectivity index (χ1n) is 6.96. The standard InChI is InChI=1S/C14H21N3O3S/c1-10-7-12(10)9-17-14(18)16-8-11-3-5-13(6-4-11)21(19,20)15-2/h3-6,10,12,15H,7-9H2,1-2H3,(H2,16,17,18)/t10-,12-/m1/s1. The molecule has 1 saturated carbocycles. The molecule has 0 aliphatic heterocycles. The number of benzene rings is 1. The Morgan fingerprint density at radius 2 is 1.86 bits per heavy atom. The predicted molar refractivity (Wildman–Crippen MR) is 80.2 cm³/mol. The Balaban J connectivity index is 1.79. The summed E-state index contributed by atoms with van der Waals surface area (Å²) in [7, 11) is -2.04. The van der Waals surface area contributed by atoms with E-state index in [-0.39, 0.29) is 10.9 Å². The van der Waals surface area contributed by atoms with Gasteiger partial charge in [0.1, 0.15) is 0 Å². The zero-order valence-electron chi connectivity index (χ0n) is 12.2. The van der Waals surface area contributed by atoms with Gasteiger partial charge in [-0.3, -0.25) is 0 Å². The molecule has 1 aliphatic rings. The normalized spacial score (nSPS) is 20.9. The van der Waals surface area contributed by atoms with Crippen LogP contribution in [0.4, 0.5) is 4.79 Å². The summed E-state index contributed by atoms with van der Waals surface area (Å²) < 4.78 is 25.4. The van der Waals surface area contributed by atoms with Gasteiger partial charge in [-0.25, -0.2) is 17.9 Å². The molecule has 0 spiro atoms. The van der Waals surface area contributed by atoms with Gasteiger partial charge in [0.05, 0.1) is 4.90 Å². The highest BCUT2D eigenvalue weighted by Crippen LogP contribution is 2.36. The van der Waals surface area contributed by atoms with Crippen LogP contribution in [0, 0.1) is 11.8 Å². The van der Waals surface area contributed by atoms with Crippen molar-refractivity contribution in [1.82, 2.24) is 15.4 Å². The van der Waals surface area contributed by atoms with Gasteiger partial charge in [-0.05, 0) is 43.0 Å². The molecule has 0 bridgehead atoms. The summed E-state index contributed by atoms with van der Waals surface area (Å²) in [5.41, 5.74) is 0.847. The third-order valence-corrected chi connectivity index (χ3v) is 5.19. The van der Waals surface area contributed by atoms with Gasteiger partial charge in [0, 0.05) is 13.1 Å². The lowest BCUT2D eigenvalue weighted by atomic mass is 10.2. The lowest BCUT2D eigenvalue weighted by Gasteiger charge is -2.08. The number of urea groups is 1. The topological polar surface area (TPSA) is 87.3 Å². The molecule has 1 aromatic rings. The average molecular weight is 311 g/mol. The molecular weight excluding hydrogens is 290 g/mol. The third kappa shape index (κ3) is 4.44. The molecule has 0 unspecified atom stereocenters. The fourth-order valence-electron chi connectivity index (χ4n) is 2.06. The van der Waals surface area contributed by atoms with Crippen molar-refractivity contribution in [3.63, 3.8) is 0 Å². The summed E-state index contributed by atoms with van der Waals surface area (Å²) in [5.74, 6) is 1.33. The third-order valence-electron chi connectivity index (χ3n) is 3.76. The molecule has 1 aromatic carbocycles. The molecule has 2 atom stereocenters. The summed E-state index contributed by atoms with van der Waals surface area (Å²) in [6.45, 7) is 3.25. The monoisotopic (exact) mass is 311 g/mol. The first kappa shape index (κ1) is 15.8. The number of nitrogens with one attached hydrogen (secondary N) is 3. The van der Waals surface area contributed by atoms with Crippen LogP contribution in [0.15, 0.2) is 29.2 Å². The van der Waals surface area contributed by atoms with Crippen LogP contribution in [0.1, 0.15) is 18.9 Å². The second-order valence-corrected chi connectivity index (χ2v) is 7.27. The summed E-state index contributed by atoms with van der Waals surface area (Å²) in [6, 6.07) is 6.22. The lowest BCUT2D eigenvalue weighted by Crippen LogP contribution is -2.36. The minimum absolute atomic E-state index is 0.193. The van der Waals surface area contributed by atoms with Gasteiger partial charge in [0.15, 0.2) is 0 Å². The Hall–Kier alpha value is -1.60. The van der Waals surface area contributed by atoms with Crippen LogP contribution in [0.25, 0.3) is 0 Å². The highest BCUT2D eigenvalue weighted by atomic mass is 32.2. The van der Waals surface area contributed by atoms with Gasteiger partial charge in [0.25, 0.3) is 0 Å². The minimum atomic E-state index is -3.41. The lowest BCUT2D eigenvalue weighted by molar-refractivity contribution is 0.240. The highest BCUT2D eigenvalue weighted by molar-refractivity contribution is 7.89. The second-order valence-electron chi connectivity index (χ2n) is 5.39. The molecule has 0 radical (unpaired) electrons. The maximum atomic E-state index is 11.6. The fraction of sp³-hybridized carbons (Fsp3) is 0.500. The zero-order chi connectivity index (χ0) is 15.5. The SMILES string of the molecule is CNS(=O)(=O)c1ccc(CNC(=O)NC[C@H]2C[C@H]2C)cc1. The molecule has 0 heterocycles. The summed E-state index contributed by atoms with van der Waals surface area (Å²) in [5, 5.41) is 5.59. The number of amides is 2. The van der Waals surface area contributed by atoms with Crippen molar-refractivity contribution in [1.29, 1.82) is 0 Å². The van der Waals surface area contributed by atoms with Gasteiger partial charge in [-0.15, -0.1) is 0 Å². The largest absolute Gasteiger partial charge is 0.338 e. The van der Waals surface area contributed by atoms with E-state index in [0.717, 1.165) is 5.56 Å². The molecular formula is C14H21N3O3S. The van der Waals surface area contributed by atoms with E-state index < -0.39 is 10.0 Å². The van der Waals surface area contributed by atoms with Gasteiger partial charge in [0.2, 0.25) is 10.0 Å². The van der Waals surface area contributed by atoms with E-state index in [2.05, 4.69) is 22.3 Å². The van der Waals surface area contributed by atoms with E-state index in [9.17, 15) is 13.2 Å². The first-order valence-corrected chi connectivity index (χ1v) is 8.45. The number of rotatable bonds is 6. The molecule has 21 heavy (non-hydrogen) atoms. The van der Waals surface area contributed by atoms with Gasteiger partial charge in [-0.1, -0.05) is 19.1 Å². The zero-order valence-corrected chi connectivity index (χ0v) is 13.0.